The smallest absolute Gasteiger partial charge is 0.224 e. The second-order valence-electron chi connectivity index (χ2n) is 6.75. The van der Waals surface area contributed by atoms with Crippen molar-refractivity contribution in [1.29, 1.82) is 0 Å². The fourth-order valence-corrected chi connectivity index (χ4v) is 4.52. The first-order chi connectivity index (χ1) is 11.2. The molecule has 6 heteroatoms. The SMILES string of the molecule is Cc1cc(C)c2c(CC(=O)NCCS(=O)(=O)CC(C)C)coc2c1. The molecule has 1 aromatic carbocycles. The van der Waals surface area contributed by atoms with Crippen LogP contribution in [0.2, 0.25) is 0 Å². The van der Waals surface area contributed by atoms with Gasteiger partial charge in [-0.05, 0) is 37.0 Å². The Balaban J connectivity index is 1.96. The van der Waals surface area contributed by atoms with Crippen molar-refractivity contribution in [2.24, 2.45) is 5.92 Å². The second kappa shape index (κ2) is 7.38. The third kappa shape index (κ3) is 4.84. The van der Waals surface area contributed by atoms with Gasteiger partial charge in [-0.15, -0.1) is 0 Å². The van der Waals surface area contributed by atoms with E-state index in [1.165, 1.54) is 0 Å². The average Bonchev–Trinajstić information content (AvgIpc) is 2.79. The van der Waals surface area contributed by atoms with Gasteiger partial charge in [-0.25, -0.2) is 8.42 Å². The highest BCUT2D eigenvalue weighted by Crippen LogP contribution is 2.26. The monoisotopic (exact) mass is 351 g/mol. The van der Waals surface area contributed by atoms with Crippen LogP contribution in [0.5, 0.6) is 0 Å². The third-order valence-corrected chi connectivity index (χ3v) is 5.77. The zero-order chi connectivity index (χ0) is 17.9. The van der Waals surface area contributed by atoms with E-state index in [-0.39, 0.29) is 36.3 Å². The Hall–Kier alpha value is -1.82. The maximum atomic E-state index is 12.1. The minimum atomic E-state index is -3.12. The number of amides is 1. The summed E-state index contributed by atoms with van der Waals surface area (Å²) in [7, 11) is -3.12. The highest BCUT2D eigenvalue weighted by Gasteiger charge is 2.15. The Kier molecular flexibility index (Phi) is 5.70. The first kappa shape index (κ1) is 18.5. The summed E-state index contributed by atoms with van der Waals surface area (Å²) in [6.45, 7) is 7.86. The van der Waals surface area contributed by atoms with Crippen LogP contribution in [-0.2, 0) is 21.1 Å². The molecule has 0 saturated carbocycles. The Labute approximate surface area is 143 Å². The summed E-state index contributed by atoms with van der Waals surface area (Å²) in [4.78, 5) is 12.1. The lowest BCUT2D eigenvalue weighted by molar-refractivity contribution is -0.120. The maximum Gasteiger partial charge on any atom is 0.224 e. The highest BCUT2D eigenvalue weighted by molar-refractivity contribution is 7.91. The minimum Gasteiger partial charge on any atom is -0.464 e. The van der Waals surface area contributed by atoms with Crippen LogP contribution in [0.25, 0.3) is 11.0 Å². The van der Waals surface area contributed by atoms with Crippen LogP contribution in [0.3, 0.4) is 0 Å². The van der Waals surface area contributed by atoms with E-state index in [9.17, 15) is 13.2 Å². The van der Waals surface area contributed by atoms with Gasteiger partial charge in [-0.3, -0.25) is 4.79 Å². The van der Waals surface area contributed by atoms with Gasteiger partial charge in [-0.2, -0.15) is 0 Å². The van der Waals surface area contributed by atoms with E-state index in [1.54, 1.807) is 6.26 Å². The van der Waals surface area contributed by atoms with Crippen molar-refractivity contribution in [3.05, 3.63) is 35.1 Å². The van der Waals surface area contributed by atoms with Gasteiger partial charge in [0.1, 0.15) is 5.58 Å². The molecule has 0 bridgehead atoms. The molecule has 0 atom stereocenters. The first-order valence-corrected chi connectivity index (χ1v) is 9.94. The van der Waals surface area contributed by atoms with Crippen LogP contribution >= 0.6 is 0 Å². The van der Waals surface area contributed by atoms with Crippen LogP contribution in [0.1, 0.15) is 30.5 Å². The summed E-state index contributed by atoms with van der Waals surface area (Å²) in [6, 6.07) is 4.00. The van der Waals surface area contributed by atoms with Crippen molar-refractivity contribution in [2.45, 2.75) is 34.1 Å². The van der Waals surface area contributed by atoms with Crippen molar-refractivity contribution in [2.75, 3.05) is 18.1 Å². The molecule has 1 aromatic heterocycles. The molecule has 1 heterocycles. The number of carbonyl (C=O) groups excluding carboxylic acids is 1. The molecule has 0 spiro atoms. The fraction of sp³-hybridized carbons (Fsp3) is 0.500. The average molecular weight is 351 g/mol. The van der Waals surface area contributed by atoms with Gasteiger partial charge in [0.05, 0.1) is 24.2 Å². The van der Waals surface area contributed by atoms with E-state index >= 15 is 0 Å². The predicted octanol–water partition coefficient (Wildman–Crippen LogP) is 2.78. The van der Waals surface area contributed by atoms with E-state index < -0.39 is 9.84 Å². The zero-order valence-electron chi connectivity index (χ0n) is 14.7. The molecule has 132 valence electrons. The van der Waals surface area contributed by atoms with Crippen molar-refractivity contribution in [3.8, 4) is 0 Å². The van der Waals surface area contributed by atoms with Crippen molar-refractivity contribution >= 4 is 26.7 Å². The standard InChI is InChI=1S/C18H25NO4S/c1-12(2)11-24(21,22)6-5-19-17(20)9-15-10-23-16-8-13(3)7-14(4)18(15)16/h7-8,10,12H,5-6,9,11H2,1-4H3,(H,19,20). The molecule has 0 radical (unpaired) electrons. The topological polar surface area (TPSA) is 76.4 Å². The zero-order valence-corrected chi connectivity index (χ0v) is 15.5. The summed E-state index contributed by atoms with van der Waals surface area (Å²) in [5.41, 5.74) is 3.78. The van der Waals surface area contributed by atoms with Crippen LogP contribution in [0.4, 0.5) is 0 Å². The van der Waals surface area contributed by atoms with Gasteiger partial charge in [0.25, 0.3) is 0 Å². The molecular formula is C18H25NO4S. The van der Waals surface area contributed by atoms with Crippen molar-refractivity contribution < 1.29 is 17.6 Å². The van der Waals surface area contributed by atoms with Crippen LogP contribution in [0.15, 0.2) is 22.8 Å². The van der Waals surface area contributed by atoms with E-state index in [0.29, 0.717) is 0 Å². The molecule has 1 N–H and O–H groups in total. The summed E-state index contributed by atoms with van der Waals surface area (Å²) in [5, 5.41) is 3.65. The van der Waals surface area contributed by atoms with Crippen molar-refractivity contribution in [3.63, 3.8) is 0 Å². The van der Waals surface area contributed by atoms with Gasteiger partial charge in [0, 0.05) is 17.5 Å². The molecule has 0 saturated heterocycles. The molecule has 0 aliphatic rings. The van der Waals surface area contributed by atoms with Gasteiger partial charge >= 0.3 is 0 Å². The molecule has 2 aromatic rings. The number of furan rings is 1. The normalized spacial score (nSPS) is 12.0. The van der Waals surface area contributed by atoms with E-state index in [0.717, 1.165) is 27.7 Å². The Morgan fingerprint density at radius 1 is 1.25 bits per heavy atom. The highest BCUT2D eigenvalue weighted by atomic mass is 32.2. The molecule has 5 nitrogen and oxygen atoms in total. The van der Waals surface area contributed by atoms with Crippen molar-refractivity contribution in [1.82, 2.24) is 5.32 Å². The number of sulfone groups is 1. The molecule has 24 heavy (non-hydrogen) atoms. The minimum absolute atomic E-state index is 0.0265. The second-order valence-corrected chi connectivity index (χ2v) is 8.98. The van der Waals surface area contributed by atoms with Crippen LogP contribution < -0.4 is 5.32 Å². The molecule has 0 fully saturated rings. The van der Waals surface area contributed by atoms with Crippen LogP contribution in [0, 0.1) is 19.8 Å². The number of fused-ring (bicyclic) bond motifs is 1. The number of aryl methyl sites for hydroxylation is 2. The number of hydrogen-bond acceptors (Lipinski definition) is 4. The number of benzene rings is 1. The van der Waals surface area contributed by atoms with Gasteiger partial charge < -0.3 is 9.73 Å². The van der Waals surface area contributed by atoms with E-state index in [4.69, 9.17) is 4.42 Å². The third-order valence-electron chi connectivity index (χ3n) is 3.77. The molecule has 1 amide bonds. The fourth-order valence-electron chi connectivity index (χ4n) is 2.93. The summed E-state index contributed by atoms with van der Waals surface area (Å²) in [5.74, 6) is 0.0153. The Bertz CT molecular complexity index is 834. The van der Waals surface area contributed by atoms with Gasteiger partial charge in [-0.1, -0.05) is 19.9 Å². The van der Waals surface area contributed by atoms with E-state index in [2.05, 4.69) is 11.4 Å². The lowest BCUT2D eigenvalue weighted by atomic mass is 10.0. The Morgan fingerprint density at radius 2 is 1.96 bits per heavy atom. The molecular weight excluding hydrogens is 326 g/mol. The van der Waals surface area contributed by atoms with Crippen LogP contribution in [-0.4, -0.2) is 32.4 Å². The number of nitrogens with one attached hydrogen (secondary N) is 1. The number of hydrogen-bond donors (Lipinski definition) is 1. The van der Waals surface area contributed by atoms with Gasteiger partial charge in [0.15, 0.2) is 9.84 Å². The number of rotatable bonds is 7. The summed E-state index contributed by atoms with van der Waals surface area (Å²) >= 11 is 0. The first-order valence-electron chi connectivity index (χ1n) is 8.12. The largest absolute Gasteiger partial charge is 0.464 e. The molecule has 2 rings (SSSR count). The predicted molar refractivity (Wildman–Crippen MR) is 95.9 cm³/mol. The quantitative estimate of drug-likeness (QED) is 0.832. The molecule has 0 aliphatic carbocycles. The summed E-state index contributed by atoms with van der Waals surface area (Å²) in [6.07, 6.45) is 1.79. The molecule has 0 unspecified atom stereocenters. The summed E-state index contributed by atoms with van der Waals surface area (Å²) < 4.78 is 29.2. The Morgan fingerprint density at radius 3 is 2.62 bits per heavy atom. The van der Waals surface area contributed by atoms with Gasteiger partial charge in [0.2, 0.25) is 5.91 Å². The lowest BCUT2D eigenvalue weighted by Gasteiger charge is -2.08. The molecule has 0 aliphatic heterocycles. The van der Waals surface area contributed by atoms with E-state index in [1.807, 2.05) is 33.8 Å². The lowest BCUT2D eigenvalue weighted by Crippen LogP contribution is -2.31. The maximum absolute atomic E-state index is 12.1. The number of carbonyl (C=O) groups is 1.